The Morgan fingerprint density at radius 1 is 1.08 bits per heavy atom. The van der Waals surface area contributed by atoms with Crippen molar-refractivity contribution in [2.75, 3.05) is 11.9 Å². The third-order valence-electron chi connectivity index (χ3n) is 4.17. The summed E-state index contributed by atoms with van der Waals surface area (Å²) in [5.41, 5.74) is 13.1. The lowest BCUT2D eigenvalue weighted by molar-refractivity contribution is 0.959. The van der Waals surface area contributed by atoms with E-state index in [1.807, 2.05) is 6.07 Å². The lowest BCUT2D eigenvalue weighted by Gasteiger charge is -2.08. The van der Waals surface area contributed by atoms with E-state index in [0.717, 1.165) is 12.1 Å². The van der Waals surface area contributed by atoms with Crippen molar-refractivity contribution in [2.45, 2.75) is 27.2 Å². The number of nitrogens with zero attached hydrogens (tertiary/aromatic N) is 1. The number of hydrogen-bond acceptors (Lipinski definition) is 1. The van der Waals surface area contributed by atoms with Gasteiger partial charge in [0.2, 0.25) is 0 Å². The van der Waals surface area contributed by atoms with Crippen molar-refractivity contribution in [3.05, 3.63) is 64.8 Å². The Kier molecular flexibility index (Phi) is 4.56. The fourth-order valence-electron chi connectivity index (χ4n) is 3.18. The fourth-order valence-corrected chi connectivity index (χ4v) is 3.18. The fraction of sp³-hybridized carbons (Fsp3) is 0.250. The van der Waals surface area contributed by atoms with E-state index in [-0.39, 0.29) is 0 Å². The van der Waals surface area contributed by atoms with Crippen LogP contribution in [0.5, 0.6) is 0 Å². The number of rotatable bonds is 4. The number of H-pyrrole nitrogens is 1. The van der Waals surface area contributed by atoms with Crippen LogP contribution in [-0.4, -0.2) is 17.5 Å². The average Bonchev–Trinajstić information content (AvgIpc) is 2.82. The van der Waals surface area contributed by atoms with Gasteiger partial charge < -0.3 is 16.0 Å². The number of anilines is 1. The van der Waals surface area contributed by atoms with Crippen LogP contribution in [0, 0.1) is 20.8 Å². The molecule has 0 amide bonds. The zero-order valence-electron chi connectivity index (χ0n) is 14.5. The Morgan fingerprint density at radius 2 is 1.79 bits per heavy atom. The molecule has 0 aliphatic rings. The lowest BCUT2D eigenvalue weighted by atomic mass is 10.1. The van der Waals surface area contributed by atoms with Crippen molar-refractivity contribution in [1.29, 1.82) is 0 Å². The maximum atomic E-state index is 6.03. The van der Waals surface area contributed by atoms with Crippen LogP contribution in [0.2, 0.25) is 0 Å². The van der Waals surface area contributed by atoms with E-state index in [0.29, 0.717) is 12.5 Å². The van der Waals surface area contributed by atoms with Crippen LogP contribution in [0.25, 0.3) is 10.9 Å². The Labute approximate surface area is 142 Å². The van der Waals surface area contributed by atoms with Gasteiger partial charge in [-0.3, -0.25) is 4.99 Å². The number of nitrogens with one attached hydrogen (secondary N) is 2. The van der Waals surface area contributed by atoms with Gasteiger partial charge in [0.05, 0.1) is 0 Å². The maximum absolute atomic E-state index is 6.03. The van der Waals surface area contributed by atoms with Crippen LogP contribution in [0.1, 0.15) is 22.4 Å². The van der Waals surface area contributed by atoms with Crippen LogP contribution in [0.3, 0.4) is 0 Å². The highest BCUT2D eigenvalue weighted by Crippen LogP contribution is 2.22. The van der Waals surface area contributed by atoms with Crippen LogP contribution < -0.4 is 11.1 Å². The Hall–Kier alpha value is -2.75. The van der Waals surface area contributed by atoms with Gasteiger partial charge >= 0.3 is 0 Å². The molecule has 0 fully saturated rings. The van der Waals surface area contributed by atoms with E-state index in [1.54, 1.807) is 0 Å². The number of aliphatic imine (C=N–C) groups is 1. The van der Waals surface area contributed by atoms with Crippen molar-refractivity contribution >= 4 is 22.5 Å². The second kappa shape index (κ2) is 6.79. The minimum absolute atomic E-state index is 0.456. The monoisotopic (exact) mass is 320 g/mol. The highest BCUT2D eigenvalue weighted by Gasteiger charge is 2.07. The number of aryl methyl sites for hydroxylation is 3. The number of hydrogen-bond donors (Lipinski definition) is 3. The van der Waals surface area contributed by atoms with Crippen LogP contribution in [0.4, 0.5) is 5.69 Å². The van der Waals surface area contributed by atoms with Crippen molar-refractivity contribution < 1.29 is 0 Å². The van der Waals surface area contributed by atoms with Crippen molar-refractivity contribution in [2.24, 2.45) is 10.7 Å². The smallest absolute Gasteiger partial charge is 0.193 e. The first-order chi connectivity index (χ1) is 11.5. The minimum atomic E-state index is 0.456. The summed E-state index contributed by atoms with van der Waals surface area (Å²) in [7, 11) is 0. The molecule has 124 valence electrons. The maximum Gasteiger partial charge on any atom is 0.193 e. The number of guanidine groups is 1. The molecule has 3 rings (SSSR count). The van der Waals surface area contributed by atoms with Crippen LogP contribution in [0.15, 0.2) is 47.5 Å². The highest BCUT2D eigenvalue weighted by atomic mass is 15.1. The second-order valence-corrected chi connectivity index (χ2v) is 6.29. The zero-order chi connectivity index (χ0) is 17.1. The van der Waals surface area contributed by atoms with E-state index >= 15 is 0 Å². The number of benzene rings is 2. The van der Waals surface area contributed by atoms with Gasteiger partial charge in [-0.2, -0.15) is 0 Å². The number of aromatic nitrogens is 1. The largest absolute Gasteiger partial charge is 0.370 e. The molecular formula is C20H24N4. The first kappa shape index (κ1) is 16.1. The molecule has 1 heterocycles. The number of fused-ring (bicyclic) bond motifs is 1. The predicted octanol–water partition coefficient (Wildman–Crippen LogP) is 4.06. The number of para-hydroxylation sites is 1. The molecule has 24 heavy (non-hydrogen) atoms. The van der Waals surface area contributed by atoms with Gasteiger partial charge in [0.15, 0.2) is 5.96 Å². The van der Waals surface area contributed by atoms with Gasteiger partial charge in [-0.15, -0.1) is 0 Å². The summed E-state index contributed by atoms with van der Waals surface area (Å²) in [5, 5.41) is 4.44. The molecule has 0 radical (unpaired) electrons. The van der Waals surface area contributed by atoms with E-state index in [9.17, 15) is 0 Å². The Morgan fingerprint density at radius 3 is 2.54 bits per heavy atom. The Balaban J connectivity index is 1.68. The Bertz CT molecular complexity index is 870. The standard InChI is InChI=1S/C20H24N4/c1-13-10-14(2)12-16(11-13)24-20(21)22-9-8-17-15(3)23-19-7-5-4-6-18(17)19/h4-7,10-12,23H,8-9H2,1-3H3,(H3,21,22,24). The van der Waals surface area contributed by atoms with Gasteiger partial charge in [0, 0.05) is 28.8 Å². The molecule has 1 aromatic heterocycles. The lowest BCUT2D eigenvalue weighted by Crippen LogP contribution is -2.23. The summed E-state index contributed by atoms with van der Waals surface area (Å²) in [6.45, 7) is 6.92. The molecule has 2 aromatic carbocycles. The van der Waals surface area contributed by atoms with Crippen LogP contribution in [-0.2, 0) is 6.42 Å². The van der Waals surface area contributed by atoms with Gasteiger partial charge in [-0.25, -0.2) is 0 Å². The molecule has 3 aromatic rings. The van der Waals surface area contributed by atoms with Crippen molar-refractivity contribution in [3.8, 4) is 0 Å². The first-order valence-corrected chi connectivity index (χ1v) is 8.24. The first-order valence-electron chi connectivity index (χ1n) is 8.24. The minimum Gasteiger partial charge on any atom is -0.370 e. The van der Waals surface area contributed by atoms with E-state index < -0.39 is 0 Å². The topological polar surface area (TPSA) is 66.2 Å². The van der Waals surface area contributed by atoms with E-state index in [1.165, 1.54) is 33.3 Å². The molecule has 4 N–H and O–H groups in total. The van der Waals surface area contributed by atoms with E-state index in [4.69, 9.17) is 5.73 Å². The number of nitrogens with two attached hydrogens (primary N) is 1. The molecule has 0 aliphatic carbocycles. The molecule has 0 aliphatic heterocycles. The predicted molar refractivity (Wildman–Crippen MR) is 103 cm³/mol. The molecule has 0 atom stereocenters. The van der Waals surface area contributed by atoms with E-state index in [2.05, 4.69) is 72.5 Å². The molecular weight excluding hydrogens is 296 g/mol. The molecule has 4 nitrogen and oxygen atoms in total. The SMILES string of the molecule is Cc1cc(C)cc(NC(N)=NCCc2c(C)[nH]c3ccccc23)c1. The summed E-state index contributed by atoms with van der Waals surface area (Å²) in [6.07, 6.45) is 0.866. The summed E-state index contributed by atoms with van der Waals surface area (Å²) in [6, 6.07) is 14.6. The molecule has 0 unspecified atom stereocenters. The van der Waals surface area contributed by atoms with Gasteiger partial charge in [-0.1, -0.05) is 24.3 Å². The highest BCUT2D eigenvalue weighted by molar-refractivity contribution is 5.92. The molecule has 0 saturated carbocycles. The second-order valence-electron chi connectivity index (χ2n) is 6.29. The van der Waals surface area contributed by atoms with Crippen LogP contribution >= 0.6 is 0 Å². The van der Waals surface area contributed by atoms with Crippen molar-refractivity contribution in [1.82, 2.24) is 4.98 Å². The quantitative estimate of drug-likeness (QED) is 0.501. The summed E-state index contributed by atoms with van der Waals surface area (Å²) in [5.74, 6) is 0.456. The molecule has 0 saturated heterocycles. The normalized spacial score (nSPS) is 11.9. The summed E-state index contributed by atoms with van der Waals surface area (Å²) < 4.78 is 0. The molecule has 4 heteroatoms. The molecule has 0 spiro atoms. The van der Waals surface area contributed by atoms with Crippen molar-refractivity contribution in [3.63, 3.8) is 0 Å². The summed E-state index contributed by atoms with van der Waals surface area (Å²) >= 11 is 0. The van der Waals surface area contributed by atoms with Gasteiger partial charge in [0.25, 0.3) is 0 Å². The van der Waals surface area contributed by atoms with Gasteiger partial charge in [-0.05, 0) is 62.1 Å². The summed E-state index contributed by atoms with van der Waals surface area (Å²) in [4.78, 5) is 7.89. The third-order valence-corrected chi connectivity index (χ3v) is 4.17. The zero-order valence-corrected chi connectivity index (χ0v) is 14.5. The number of aromatic amines is 1. The van der Waals surface area contributed by atoms with Gasteiger partial charge in [0.1, 0.15) is 0 Å². The average molecular weight is 320 g/mol. The molecule has 0 bridgehead atoms. The third kappa shape index (κ3) is 3.59.